The van der Waals surface area contributed by atoms with Crippen LogP contribution in [-0.4, -0.2) is 23.8 Å². The summed E-state index contributed by atoms with van der Waals surface area (Å²) in [6.07, 6.45) is 2.07. The van der Waals surface area contributed by atoms with E-state index in [2.05, 4.69) is 10.5 Å². The van der Waals surface area contributed by atoms with Crippen molar-refractivity contribution >= 4 is 12.1 Å². The summed E-state index contributed by atoms with van der Waals surface area (Å²) in [5.41, 5.74) is 3.55. The van der Waals surface area contributed by atoms with Gasteiger partial charge in [-0.2, -0.15) is 5.10 Å². The minimum atomic E-state index is -0.551. The van der Waals surface area contributed by atoms with Crippen molar-refractivity contribution in [3.63, 3.8) is 0 Å². The number of ether oxygens (including phenoxy) is 1. The molecule has 3 rings (SSSR count). The lowest BCUT2D eigenvalue weighted by atomic mass is 10.1. The van der Waals surface area contributed by atoms with Crippen LogP contribution in [0.5, 0.6) is 5.75 Å². The number of carbonyl (C=O) groups is 1. The monoisotopic (exact) mass is 324 g/mol. The van der Waals surface area contributed by atoms with Crippen molar-refractivity contribution in [2.24, 2.45) is 11.0 Å². The van der Waals surface area contributed by atoms with Crippen LogP contribution in [0, 0.1) is 5.92 Å². The van der Waals surface area contributed by atoms with Gasteiger partial charge in [-0.3, -0.25) is 4.79 Å². The maximum atomic E-state index is 12.4. The molecule has 1 saturated carbocycles. The first-order valence-electron chi connectivity index (χ1n) is 7.98. The fourth-order valence-electron chi connectivity index (χ4n) is 2.93. The lowest BCUT2D eigenvalue weighted by Crippen LogP contribution is -2.26. The molecule has 0 saturated heterocycles. The fraction of sp³-hybridized carbons (Fsp3) is 0.263. The highest BCUT2D eigenvalue weighted by Crippen LogP contribution is 2.55. The van der Waals surface area contributed by atoms with E-state index in [-0.39, 0.29) is 17.6 Å². The van der Waals surface area contributed by atoms with E-state index in [0.29, 0.717) is 18.6 Å². The number of rotatable bonds is 6. The van der Waals surface area contributed by atoms with Crippen LogP contribution in [0.3, 0.4) is 0 Å². The van der Waals surface area contributed by atoms with E-state index >= 15 is 0 Å². The number of phenols is 1. The van der Waals surface area contributed by atoms with Gasteiger partial charge in [0.2, 0.25) is 5.91 Å². The van der Waals surface area contributed by atoms with Gasteiger partial charge in [-0.25, -0.2) is 5.43 Å². The number of para-hydroxylation sites is 1. The standard InChI is InChI=1S/C19H20N2O3/c1-2-24-19(15-9-4-3-5-10-15)12-16(19)18(23)21-20-13-14-8-6-7-11-17(14)22/h3-11,13,16,22H,2,12H2,1H3,(H,21,23)/b20-13+/t16-,19+/m1/s1. The second-order valence-corrected chi connectivity index (χ2v) is 5.74. The highest BCUT2D eigenvalue weighted by atomic mass is 16.5. The zero-order valence-corrected chi connectivity index (χ0v) is 13.5. The van der Waals surface area contributed by atoms with E-state index in [1.165, 1.54) is 6.21 Å². The highest BCUT2D eigenvalue weighted by Gasteiger charge is 2.60. The first kappa shape index (κ1) is 16.2. The van der Waals surface area contributed by atoms with Crippen LogP contribution in [0.1, 0.15) is 24.5 Å². The van der Waals surface area contributed by atoms with Crippen molar-refractivity contribution in [3.05, 3.63) is 65.7 Å². The minimum Gasteiger partial charge on any atom is -0.507 e. The predicted molar refractivity (Wildman–Crippen MR) is 91.7 cm³/mol. The zero-order chi connectivity index (χ0) is 17.0. The number of amides is 1. The topological polar surface area (TPSA) is 70.9 Å². The Morgan fingerprint density at radius 3 is 2.71 bits per heavy atom. The van der Waals surface area contributed by atoms with Gasteiger partial charge in [-0.15, -0.1) is 0 Å². The van der Waals surface area contributed by atoms with Gasteiger partial charge in [0.25, 0.3) is 0 Å². The number of phenolic OH excluding ortho intramolecular Hbond substituents is 1. The Balaban J connectivity index is 1.67. The van der Waals surface area contributed by atoms with Crippen molar-refractivity contribution in [3.8, 4) is 5.75 Å². The Morgan fingerprint density at radius 2 is 2.00 bits per heavy atom. The molecule has 0 aliphatic heterocycles. The Hall–Kier alpha value is -2.66. The molecule has 0 aromatic heterocycles. The molecule has 2 aromatic carbocycles. The largest absolute Gasteiger partial charge is 0.507 e. The van der Waals surface area contributed by atoms with Gasteiger partial charge in [0.15, 0.2) is 0 Å². The van der Waals surface area contributed by atoms with E-state index in [0.717, 1.165) is 5.56 Å². The van der Waals surface area contributed by atoms with E-state index in [1.54, 1.807) is 24.3 Å². The quantitative estimate of drug-likeness (QED) is 0.634. The molecule has 0 bridgehead atoms. The van der Waals surface area contributed by atoms with Crippen LogP contribution in [0.15, 0.2) is 59.7 Å². The fourth-order valence-corrected chi connectivity index (χ4v) is 2.93. The Labute approximate surface area is 141 Å². The number of aromatic hydroxyl groups is 1. The van der Waals surface area contributed by atoms with Gasteiger partial charge >= 0.3 is 0 Å². The van der Waals surface area contributed by atoms with E-state index < -0.39 is 5.60 Å². The van der Waals surface area contributed by atoms with Crippen LogP contribution < -0.4 is 5.43 Å². The molecule has 1 aliphatic rings. The molecule has 1 aliphatic carbocycles. The molecule has 0 spiro atoms. The molecule has 0 radical (unpaired) electrons. The second-order valence-electron chi connectivity index (χ2n) is 5.74. The molecule has 5 nitrogen and oxygen atoms in total. The van der Waals surface area contributed by atoms with Crippen LogP contribution in [-0.2, 0) is 15.1 Å². The van der Waals surface area contributed by atoms with Crippen molar-refractivity contribution in [1.29, 1.82) is 0 Å². The molecule has 1 amide bonds. The first-order chi connectivity index (χ1) is 11.7. The molecule has 0 unspecified atom stereocenters. The Bertz CT molecular complexity index is 745. The molecule has 124 valence electrons. The summed E-state index contributed by atoms with van der Waals surface area (Å²) in [6, 6.07) is 16.6. The minimum absolute atomic E-state index is 0.120. The van der Waals surface area contributed by atoms with Gasteiger partial charge in [0, 0.05) is 12.2 Å². The third-order valence-electron chi connectivity index (χ3n) is 4.21. The maximum Gasteiger partial charge on any atom is 0.246 e. The lowest BCUT2D eigenvalue weighted by Gasteiger charge is -2.17. The molecule has 2 atom stereocenters. The number of nitrogens with one attached hydrogen (secondary N) is 1. The summed E-state index contributed by atoms with van der Waals surface area (Å²) in [5, 5.41) is 13.6. The third kappa shape index (κ3) is 3.16. The zero-order valence-electron chi connectivity index (χ0n) is 13.5. The molecule has 2 N–H and O–H groups in total. The summed E-state index contributed by atoms with van der Waals surface area (Å²) in [6.45, 7) is 2.47. The van der Waals surface area contributed by atoms with Crippen LogP contribution in [0.4, 0.5) is 0 Å². The molecule has 5 heteroatoms. The number of benzene rings is 2. The van der Waals surface area contributed by atoms with Gasteiger partial charge in [0.1, 0.15) is 11.4 Å². The van der Waals surface area contributed by atoms with Crippen molar-refractivity contribution in [1.82, 2.24) is 5.43 Å². The molecule has 1 fully saturated rings. The summed E-state index contributed by atoms with van der Waals surface area (Å²) < 4.78 is 5.89. The van der Waals surface area contributed by atoms with Gasteiger partial charge < -0.3 is 9.84 Å². The van der Waals surface area contributed by atoms with Gasteiger partial charge in [-0.05, 0) is 31.0 Å². The number of hydrogen-bond donors (Lipinski definition) is 2. The molecule has 0 heterocycles. The average Bonchev–Trinajstić information content (AvgIpc) is 3.33. The molecular weight excluding hydrogens is 304 g/mol. The molecular formula is C19H20N2O3. The van der Waals surface area contributed by atoms with E-state index in [1.807, 2.05) is 37.3 Å². The SMILES string of the molecule is CCO[C@]1(c2ccccc2)C[C@@H]1C(=O)N/N=C/c1ccccc1O. The van der Waals surface area contributed by atoms with Gasteiger partial charge in [0.05, 0.1) is 12.1 Å². The Kier molecular flexibility index (Phi) is 4.62. The van der Waals surface area contributed by atoms with Crippen LogP contribution >= 0.6 is 0 Å². The van der Waals surface area contributed by atoms with Crippen LogP contribution in [0.2, 0.25) is 0 Å². The van der Waals surface area contributed by atoms with Crippen molar-refractivity contribution in [2.45, 2.75) is 18.9 Å². The van der Waals surface area contributed by atoms with Gasteiger partial charge in [-0.1, -0.05) is 42.5 Å². The third-order valence-corrected chi connectivity index (χ3v) is 4.21. The maximum absolute atomic E-state index is 12.4. The number of carbonyl (C=O) groups excluding carboxylic acids is 1. The molecule has 2 aromatic rings. The summed E-state index contributed by atoms with van der Waals surface area (Å²) in [5.74, 6) is -0.324. The number of hydrazone groups is 1. The highest BCUT2D eigenvalue weighted by molar-refractivity contribution is 5.87. The summed E-state index contributed by atoms with van der Waals surface area (Å²) in [4.78, 5) is 12.4. The predicted octanol–water partition coefficient (Wildman–Crippen LogP) is 2.79. The number of nitrogens with zero attached hydrogens (tertiary/aromatic N) is 1. The molecule has 24 heavy (non-hydrogen) atoms. The summed E-state index contributed by atoms with van der Waals surface area (Å²) >= 11 is 0. The normalized spacial score (nSPS) is 22.5. The van der Waals surface area contributed by atoms with Crippen molar-refractivity contribution in [2.75, 3.05) is 6.61 Å². The number of hydrogen-bond acceptors (Lipinski definition) is 4. The van der Waals surface area contributed by atoms with E-state index in [4.69, 9.17) is 4.74 Å². The Morgan fingerprint density at radius 1 is 1.29 bits per heavy atom. The average molecular weight is 324 g/mol. The smallest absolute Gasteiger partial charge is 0.246 e. The second kappa shape index (κ2) is 6.84. The summed E-state index contributed by atoms with van der Waals surface area (Å²) in [7, 11) is 0. The van der Waals surface area contributed by atoms with E-state index in [9.17, 15) is 9.90 Å². The van der Waals surface area contributed by atoms with Crippen LogP contribution in [0.25, 0.3) is 0 Å². The lowest BCUT2D eigenvalue weighted by molar-refractivity contribution is -0.124. The van der Waals surface area contributed by atoms with Crippen molar-refractivity contribution < 1.29 is 14.6 Å². The first-order valence-corrected chi connectivity index (χ1v) is 7.98.